The fourth-order valence-corrected chi connectivity index (χ4v) is 3.40. The Labute approximate surface area is 164 Å². The van der Waals surface area contributed by atoms with Crippen LogP contribution in [-0.2, 0) is 11.2 Å². The third-order valence-electron chi connectivity index (χ3n) is 4.52. The normalized spacial score (nSPS) is 17.3. The van der Waals surface area contributed by atoms with Crippen LogP contribution < -0.4 is 0 Å². The predicted molar refractivity (Wildman–Crippen MR) is 108 cm³/mol. The lowest BCUT2D eigenvalue weighted by atomic mass is 10.0. The number of nitro benzene ring substituents is 1. The van der Waals surface area contributed by atoms with Gasteiger partial charge in [0.1, 0.15) is 6.10 Å². The third kappa shape index (κ3) is 4.71. The van der Waals surface area contributed by atoms with E-state index in [1.54, 1.807) is 12.1 Å². The first-order valence-electron chi connectivity index (χ1n) is 8.30. The van der Waals surface area contributed by atoms with Crippen molar-refractivity contribution < 1.29 is 9.66 Å². The van der Waals surface area contributed by atoms with Gasteiger partial charge in [-0.15, -0.1) is 12.4 Å². The summed E-state index contributed by atoms with van der Waals surface area (Å²) in [5.41, 5.74) is 2.16. The molecule has 2 aromatic carbocycles. The number of non-ortho nitro benzene ring substituents is 1. The zero-order valence-electron chi connectivity index (χ0n) is 14.4. The van der Waals surface area contributed by atoms with Crippen molar-refractivity contribution in [3.63, 3.8) is 0 Å². The Kier molecular flexibility index (Phi) is 6.94. The quantitative estimate of drug-likeness (QED) is 0.405. The average molecular weight is 393 g/mol. The van der Waals surface area contributed by atoms with Crippen molar-refractivity contribution in [3.05, 3.63) is 75.8 Å². The maximum atomic E-state index is 11.0. The third-order valence-corrected chi connectivity index (χ3v) is 4.85. The second-order valence-corrected chi connectivity index (χ2v) is 6.60. The van der Waals surface area contributed by atoms with Crippen LogP contribution in [0.1, 0.15) is 30.6 Å². The van der Waals surface area contributed by atoms with Crippen LogP contribution in [0.4, 0.5) is 5.69 Å². The summed E-state index contributed by atoms with van der Waals surface area (Å²) in [4.78, 5) is 12.6. The van der Waals surface area contributed by atoms with Gasteiger partial charge in [-0.2, -0.15) is 0 Å². The van der Waals surface area contributed by atoms with Crippen LogP contribution in [0.3, 0.4) is 0 Å². The summed E-state index contributed by atoms with van der Waals surface area (Å²) in [6.07, 6.45) is 1.68. The van der Waals surface area contributed by atoms with E-state index in [1.807, 2.05) is 24.3 Å². The Morgan fingerprint density at radius 3 is 2.69 bits per heavy atom. The largest absolute Gasteiger partial charge is 0.461 e. The van der Waals surface area contributed by atoms with Gasteiger partial charge in [0, 0.05) is 23.7 Å². The lowest BCUT2D eigenvalue weighted by Crippen LogP contribution is -2.34. The number of aryl methyl sites for hydroxylation is 1. The molecule has 0 bridgehead atoms. The number of ether oxygens (including phenoxy) is 1. The fourth-order valence-electron chi connectivity index (χ4n) is 3.03. The number of thiocarbonyl (C=S) groups is 1. The van der Waals surface area contributed by atoms with E-state index in [2.05, 4.69) is 24.0 Å². The summed E-state index contributed by atoms with van der Waals surface area (Å²) < 4.78 is 5.80. The van der Waals surface area contributed by atoms with E-state index in [1.165, 1.54) is 11.6 Å². The average Bonchev–Trinajstić information content (AvgIpc) is 3.02. The molecule has 0 spiro atoms. The van der Waals surface area contributed by atoms with E-state index in [0.29, 0.717) is 11.7 Å². The number of benzene rings is 2. The molecule has 2 unspecified atom stereocenters. The number of halogens is 1. The lowest BCUT2D eigenvalue weighted by Gasteiger charge is -2.23. The van der Waals surface area contributed by atoms with Crippen molar-refractivity contribution in [1.82, 2.24) is 4.90 Å². The molecule has 1 fully saturated rings. The summed E-state index contributed by atoms with van der Waals surface area (Å²) in [6, 6.07) is 17.2. The molecule has 26 heavy (non-hydrogen) atoms. The first-order chi connectivity index (χ1) is 12.0. The number of hydrogen-bond donors (Lipinski definition) is 0. The van der Waals surface area contributed by atoms with Crippen LogP contribution in [0, 0.1) is 10.1 Å². The highest BCUT2D eigenvalue weighted by Crippen LogP contribution is 2.30. The van der Waals surface area contributed by atoms with E-state index < -0.39 is 4.92 Å². The zero-order valence-corrected chi connectivity index (χ0v) is 16.0. The molecule has 0 aromatic heterocycles. The Hall–Kier alpha value is -2.18. The molecule has 1 saturated heterocycles. The molecule has 3 rings (SSSR count). The smallest absolute Gasteiger partial charge is 0.269 e. The number of nitrogens with zero attached hydrogens (tertiary/aromatic N) is 2. The van der Waals surface area contributed by atoms with E-state index in [0.717, 1.165) is 18.4 Å². The summed E-state index contributed by atoms with van der Waals surface area (Å²) in [7, 11) is 0. The van der Waals surface area contributed by atoms with Gasteiger partial charge in [0.2, 0.25) is 0 Å². The Morgan fingerprint density at radius 2 is 2.00 bits per heavy atom. The van der Waals surface area contributed by atoms with Gasteiger partial charge in [-0.1, -0.05) is 42.5 Å². The topological polar surface area (TPSA) is 55.6 Å². The summed E-state index contributed by atoms with van der Waals surface area (Å²) >= 11 is 5.38. The van der Waals surface area contributed by atoms with Crippen LogP contribution in [-0.4, -0.2) is 27.6 Å². The minimum absolute atomic E-state index is 0. The van der Waals surface area contributed by atoms with Crippen LogP contribution in [0.5, 0.6) is 0 Å². The van der Waals surface area contributed by atoms with Crippen molar-refractivity contribution in [2.24, 2.45) is 0 Å². The van der Waals surface area contributed by atoms with Gasteiger partial charge in [0.25, 0.3) is 10.9 Å². The van der Waals surface area contributed by atoms with Crippen LogP contribution >= 0.6 is 24.6 Å². The minimum Gasteiger partial charge on any atom is -0.461 e. The molecule has 7 heteroatoms. The highest BCUT2D eigenvalue weighted by molar-refractivity contribution is 7.80. The monoisotopic (exact) mass is 392 g/mol. The minimum atomic E-state index is -0.392. The highest BCUT2D eigenvalue weighted by Gasteiger charge is 2.32. The van der Waals surface area contributed by atoms with E-state index in [4.69, 9.17) is 17.0 Å². The van der Waals surface area contributed by atoms with Gasteiger partial charge in [0.05, 0.1) is 11.5 Å². The van der Waals surface area contributed by atoms with E-state index >= 15 is 0 Å². The molecule has 0 amide bonds. The van der Waals surface area contributed by atoms with Gasteiger partial charge in [0.15, 0.2) is 0 Å². The SMILES string of the molecule is CC(CCc1ccccc1)N1CC(c2cccc([N+](=O)[O-])c2)OC1=S.Cl. The fraction of sp³-hybridized carbons (Fsp3) is 0.316. The first-order valence-corrected chi connectivity index (χ1v) is 8.71. The number of nitro groups is 1. The molecule has 138 valence electrons. The summed E-state index contributed by atoms with van der Waals surface area (Å²) in [6.45, 7) is 2.75. The zero-order chi connectivity index (χ0) is 17.8. The van der Waals surface area contributed by atoms with Gasteiger partial charge < -0.3 is 9.64 Å². The predicted octanol–water partition coefficient (Wildman–Crippen LogP) is 4.70. The van der Waals surface area contributed by atoms with Crippen LogP contribution in [0.25, 0.3) is 0 Å². The maximum Gasteiger partial charge on any atom is 0.269 e. The van der Waals surface area contributed by atoms with Crippen molar-refractivity contribution in [1.29, 1.82) is 0 Å². The molecule has 2 aromatic rings. The number of rotatable bonds is 6. The van der Waals surface area contributed by atoms with E-state index in [-0.39, 0.29) is 30.2 Å². The molecule has 0 aliphatic carbocycles. The second-order valence-electron chi connectivity index (χ2n) is 6.25. The van der Waals surface area contributed by atoms with Gasteiger partial charge >= 0.3 is 0 Å². The van der Waals surface area contributed by atoms with Gasteiger partial charge in [-0.25, -0.2) is 0 Å². The highest BCUT2D eigenvalue weighted by atomic mass is 35.5. The molecular formula is C19H21ClN2O3S. The van der Waals surface area contributed by atoms with Crippen molar-refractivity contribution in [2.45, 2.75) is 31.9 Å². The van der Waals surface area contributed by atoms with Crippen molar-refractivity contribution in [3.8, 4) is 0 Å². The van der Waals surface area contributed by atoms with Gasteiger partial charge in [-0.3, -0.25) is 10.1 Å². The molecule has 1 heterocycles. The molecule has 0 radical (unpaired) electrons. The molecule has 2 atom stereocenters. The Bertz CT molecular complexity index is 772. The second kappa shape index (κ2) is 8.96. The van der Waals surface area contributed by atoms with Crippen LogP contribution in [0.2, 0.25) is 0 Å². The molecule has 1 aliphatic rings. The Balaban J connectivity index is 0.00000243. The van der Waals surface area contributed by atoms with E-state index in [9.17, 15) is 10.1 Å². The van der Waals surface area contributed by atoms with Crippen LogP contribution in [0.15, 0.2) is 54.6 Å². The van der Waals surface area contributed by atoms with Crippen molar-refractivity contribution >= 4 is 35.5 Å². The Morgan fingerprint density at radius 1 is 1.27 bits per heavy atom. The molecule has 1 aliphatic heterocycles. The van der Waals surface area contributed by atoms with Gasteiger partial charge in [-0.05, 0) is 37.5 Å². The standard InChI is InChI=1S/C19H20N2O3S.ClH/c1-14(10-11-15-6-3-2-4-7-15)20-13-18(24-19(20)25)16-8-5-9-17(12-16)21(22)23;/h2-9,12,14,18H,10-11,13H2,1H3;1H. The molecular weight excluding hydrogens is 372 g/mol. The lowest BCUT2D eigenvalue weighted by molar-refractivity contribution is -0.385. The van der Waals surface area contributed by atoms with Crippen molar-refractivity contribution in [2.75, 3.05) is 6.54 Å². The maximum absolute atomic E-state index is 11.0. The summed E-state index contributed by atoms with van der Waals surface area (Å²) in [5.74, 6) is 0. The molecule has 0 N–H and O–H groups in total. The molecule has 0 saturated carbocycles. The summed E-state index contributed by atoms with van der Waals surface area (Å²) in [5, 5.41) is 11.4. The molecule has 5 nitrogen and oxygen atoms in total. The first kappa shape index (κ1) is 20.1. The number of hydrogen-bond acceptors (Lipinski definition) is 4.